The van der Waals surface area contributed by atoms with Gasteiger partial charge in [0.15, 0.2) is 5.78 Å². The summed E-state index contributed by atoms with van der Waals surface area (Å²) in [4.78, 5) is 14.9. The van der Waals surface area contributed by atoms with Gasteiger partial charge in [-0.1, -0.05) is 13.0 Å². The molecule has 0 atom stereocenters. The number of rotatable bonds is 9. The fourth-order valence-electron chi connectivity index (χ4n) is 1.67. The number of nitrogens with zero attached hydrogens (tertiary/aromatic N) is 1. The number of likely N-dealkylation sites (N-methyl/N-ethyl adjacent to an activating group) is 1. The molecule has 17 heavy (non-hydrogen) atoms. The zero-order valence-corrected chi connectivity index (χ0v) is 11.5. The van der Waals surface area contributed by atoms with E-state index in [0.29, 0.717) is 6.42 Å². The second-order valence-corrected chi connectivity index (χ2v) is 4.88. The van der Waals surface area contributed by atoms with Gasteiger partial charge < -0.3 is 9.64 Å². The highest BCUT2D eigenvalue weighted by Crippen LogP contribution is 2.12. The lowest BCUT2D eigenvalue weighted by molar-refractivity contribution is 0.0975. The van der Waals surface area contributed by atoms with Gasteiger partial charge in [-0.2, -0.15) is 0 Å². The van der Waals surface area contributed by atoms with E-state index in [-0.39, 0.29) is 5.78 Å². The summed E-state index contributed by atoms with van der Waals surface area (Å²) in [5, 5.41) is 1.95. The number of ether oxygens (including phenoxy) is 1. The van der Waals surface area contributed by atoms with Crippen LogP contribution in [0.15, 0.2) is 17.5 Å². The predicted molar refractivity (Wildman–Crippen MR) is 71.9 cm³/mol. The molecule has 0 fully saturated rings. The van der Waals surface area contributed by atoms with Crippen molar-refractivity contribution >= 4 is 17.1 Å². The number of hydrogen-bond acceptors (Lipinski definition) is 4. The second kappa shape index (κ2) is 8.39. The molecule has 0 amide bonds. The third-order valence-electron chi connectivity index (χ3n) is 2.73. The maximum absolute atomic E-state index is 11.8. The van der Waals surface area contributed by atoms with Crippen molar-refractivity contribution in [1.29, 1.82) is 0 Å². The quantitative estimate of drug-likeness (QED) is 0.635. The van der Waals surface area contributed by atoms with Crippen LogP contribution in [0.1, 0.15) is 29.4 Å². The summed E-state index contributed by atoms with van der Waals surface area (Å²) in [7, 11) is 1.72. The Balaban J connectivity index is 2.19. The number of Topliss-reactive ketones (excluding diaryl/α,β-unsaturated/α-hetero) is 1. The van der Waals surface area contributed by atoms with E-state index >= 15 is 0 Å². The normalized spacial score (nSPS) is 11.0. The molecule has 0 bridgehead atoms. The van der Waals surface area contributed by atoms with Crippen LogP contribution in [0.25, 0.3) is 0 Å². The van der Waals surface area contributed by atoms with Gasteiger partial charge in [0, 0.05) is 20.1 Å². The van der Waals surface area contributed by atoms with Gasteiger partial charge in [0.05, 0.1) is 11.5 Å². The number of methoxy groups -OCH3 is 1. The lowest BCUT2D eigenvalue weighted by Gasteiger charge is -2.19. The van der Waals surface area contributed by atoms with Crippen molar-refractivity contribution in [1.82, 2.24) is 4.90 Å². The van der Waals surface area contributed by atoms with E-state index in [1.54, 1.807) is 7.11 Å². The van der Waals surface area contributed by atoms with E-state index in [1.165, 1.54) is 11.3 Å². The Hall–Kier alpha value is -0.710. The van der Waals surface area contributed by atoms with Crippen LogP contribution in [0, 0.1) is 0 Å². The second-order valence-electron chi connectivity index (χ2n) is 3.93. The molecule has 0 aromatic carbocycles. The first-order chi connectivity index (χ1) is 8.27. The fraction of sp³-hybridized carbons (Fsp3) is 0.615. The zero-order valence-electron chi connectivity index (χ0n) is 10.6. The summed E-state index contributed by atoms with van der Waals surface area (Å²) in [5.74, 6) is 0.266. The highest BCUT2D eigenvalue weighted by atomic mass is 32.1. The minimum atomic E-state index is 0.266. The van der Waals surface area contributed by atoms with Gasteiger partial charge in [-0.3, -0.25) is 4.79 Å². The molecule has 0 N–H and O–H groups in total. The first kappa shape index (κ1) is 14.4. The van der Waals surface area contributed by atoms with Crippen LogP contribution in [-0.4, -0.2) is 44.0 Å². The Morgan fingerprint density at radius 3 is 2.88 bits per heavy atom. The number of ketones is 1. The molecule has 0 aliphatic heterocycles. The van der Waals surface area contributed by atoms with Gasteiger partial charge in [0.1, 0.15) is 0 Å². The molecule has 96 valence electrons. The van der Waals surface area contributed by atoms with E-state index in [9.17, 15) is 4.79 Å². The largest absolute Gasteiger partial charge is 0.383 e. The van der Waals surface area contributed by atoms with E-state index in [2.05, 4.69) is 11.8 Å². The van der Waals surface area contributed by atoms with Gasteiger partial charge in [0.25, 0.3) is 0 Å². The maximum atomic E-state index is 11.8. The average Bonchev–Trinajstić information content (AvgIpc) is 2.87. The first-order valence-corrected chi connectivity index (χ1v) is 6.94. The van der Waals surface area contributed by atoms with E-state index in [1.807, 2.05) is 17.5 Å². The highest BCUT2D eigenvalue weighted by Gasteiger charge is 2.08. The van der Waals surface area contributed by atoms with Crippen LogP contribution < -0.4 is 0 Å². The number of carbonyl (C=O) groups is 1. The van der Waals surface area contributed by atoms with Gasteiger partial charge in [-0.15, -0.1) is 11.3 Å². The molecule has 0 saturated heterocycles. The molecule has 0 radical (unpaired) electrons. The summed E-state index contributed by atoms with van der Waals surface area (Å²) in [6, 6.07) is 3.82. The Morgan fingerprint density at radius 2 is 2.29 bits per heavy atom. The Morgan fingerprint density at radius 1 is 1.47 bits per heavy atom. The number of carbonyl (C=O) groups excluding carboxylic acids is 1. The third-order valence-corrected chi connectivity index (χ3v) is 3.64. The summed E-state index contributed by atoms with van der Waals surface area (Å²) >= 11 is 1.53. The summed E-state index contributed by atoms with van der Waals surface area (Å²) in [6.45, 7) is 5.82. The first-order valence-electron chi connectivity index (χ1n) is 6.06. The molecule has 4 heteroatoms. The summed E-state index contributed by atoms with van der Waals surface area (Å²) in [6.07, 6.45) is 1.57. The molecule has 3 nitrogen and oxygen atoms in total. The van der Waals surface area contributed by atoms with Crippen molar-refractivity contribution in [2.75, 3.05) is 33.4 Å². The predicted octanol–water partition coefficient (Wildman–Crippen LogP) is 2.68. The maximum Gasteiger partial charge on any atom is 0.172 e. The smallest absolute Gasteiger partial charge is 0.172 e. The monoisotopic (exact) mass is 255 g/mol. The average molecular weight is 255 g/mol. The minimum Gasteiger partial charge on any atom is -0.383 e. The van der Waals surface area contributed by atoms with Crippen molar-refractivity contribution in [3.05, 3.63) is 22.4 Å². The van der Waals surface area contributed by atoms with E-state index < -0.39 is 0 Å². The zero-order chi connectivity index (χ0) is 12.5. The van der Waals surface area contributed by atoms with Gasteiger partial charge >= 0.3 is 0 Å². The van der Waals surface area contributed by atoms with Crippen LogP contribution in [0.2, 0.25) is 0 Å². The van der Waals surface area contributed by atoms with Crippen LogP contribution in [0.3, 0.4) is 0 Å². The molecule has 0 aliphatic rings. The van der Waals surface area contributed by atoms with Crippen molar-refractivity contribution in [2.45, 2.75) is 19.8 Å². The Labute approximate surface area is 107 Å². The molecule has 0 saturated carbocycles. The summed E-state index contributed by atoms with van der Waals surface area (Å²) < 4.78 is 5.05. The third kappa shape index (κ3) is 5.44. The SMILES string of the molecule is CCN(CCCC(=O)c1cccs1)CCOC. The molecule has 0 spiro atoms. The van der Waals surface area contributed by atoms with E-state index in [0.717, 1.165) is 37.5 Å². The lowest BCUT2D eigenvalue weighted by Crippen LogP contribution is -2.28. The number of hydrogen-bond donors (Lipinski definition) is 0. The van der Waals surface area contributed by atoms with Crippen molar-refractivity contribution in [2.24, 2.45) is 0 Å². The summed E-state index contributed by atoms with van der Waals surface area (Å²) in [5.41, 5.74) is 0. The molecule has 1 aromatic rings. The van der Waals surface area contributed by atoms with Crippen molar-refractivity contribution in [3.8, 4) is 0 Å². The van der Waals surface area contributed by atoms with Crippen molar-refractivity contribution < 1.29 is 9.53 Å². The highest BCUT2D eigenvalue weighted by molar-refractivity contribution is 7.12. The molecule has 1 heterocycles. The molecule has 1 rings (SSSR count). The minimum absolute atomic E-state index is 0.266. The van der Waals surface area contributed by atoms with Crippen molar-refractivity contribution in [3.63, 3.8) is 0 Å². The molecule has 1 aromatic heterocycles. The van der Waals surface area contributed by atoms with Crippen LogP contribution in [-0.2, 0) is 4.74 Å². The molecular formula is C13H21NO2S. The molecule has 0 unspecified atom stereocenters. The topological polar surface area (TPSA) is 29.5 Å². The fourth-order valence-corrected chi connectivity index (χ4v) is 2.37. The van der Waals surface area contributed by atoms with Gasteiger partial charge in [-0.05, 0) is 31.0 Å². The van der Waals surface area contributed by atoms with Gasteiger partial charge in [-0.25, -0.2) is 0 Å². The number of thiophene rings is 1. The van der Waals surface area contributed by atoms with E-state index in [4.69, 9.17) is 4.74 Å². The van der Waals surface area contributed by atoms with Crippen LogP contribution in [0.4, 0.5) is 0 Å². The van der Waals surface area contributed by atoms with Gasteiger partial charge in [0.2, 0.25) is 0 Å². The molecular weight excluding hydrogens is 234 g/mol. The lowest BCUT2D eigenvalue weighted by atomic mass is 10.2. The van der Waals surface area contributed by atoms with Crippen LogP contribution >= 0.6 is 11.3 Å². The standard InChI is InChI=1S/C13H21NO2S/c1-3-14(9-10-16-2)8-4-6-12(15)13-7-5-11-17-13/h5,7,11H,3-4,6,8-10H2,1-2H3. The van der Waals surface area contributed by atoms with Crippen LogP contribution in [0.5, 0.6) is 0 Å². The Kier molecular flexibility index (Phi) is 7.08. The Bertz CT molecular complexity index is 311. The molecule has 0 aliphatic carbocycles.